The molecule has 0 spiro atoms. The van der Waals surface area contributed by atoms with Crippen molar-refractivity contribution in [3.63, 3.8) is 0 Å². The lowest BCUT2D eigenvalue weighted by Crippen LogP contribution is -2.31. The molecule has 0 unspecified atom stereocenters. The molecule has 0 amide bonds. The number of hydrogen-bond acceptors (Lipinski definition) is 6. The van der Waals surface area contributed by atoms with Gasteiger partial charge in [0.05, 0.1) is 19.4 Å². The van der Waals surface area contributed by atoms with Crippen LogP contribution in [-0.4, -0.2) is 41.4 Å². The van der Waals surface area contributed by atoms with E-state index in [1.165, 1.54) is 24.0 Å². The maximum Gasteiger partial charge on any atom is 0.225 e. The molecule has 2 aromatic rings. The van der Waals surface area contributed by atoms with E-state index in [4.69, 9.17) is 9.72 Å². The van der Waals surface area contributed by atoms with Crippen molar-refractivity contribution in [2.24, 2.45) is 0 Å². The average Bonchev–Trinajstić information content (AvgIpc) is 3.52. The van der Waals surface area contributed by atoms with Crippen LogP contribution in [0.1, 0.15) is 42.5 Å². The third-order valence-electron chi connectivity index (χ3n) is 5.13. The summed E-state index contributed by atoms with van der Waals surface area (Å²) in [6.45, 7) is 3.76. The Morgan fingerprint density at radius 1 is 1.27 bits per heavy atom. The van der Waals surface area contributed by atoms with Crippen LogP contribution in [-0.2, 0) is 13.0 Å². The Bertz CT molecular complexity index is 791. The van der Waals surface area contributed by atoms with Gasteiger partial charge in [-0.3, -0.25) is 0 Å². The fraction of sp³-hybridized carbons (Fsp3) is 0.500. The first-order valence-corrected chi connectivity index (χ1v) is 9.33. The van der Waals surface area contributed by atoms with Gasteiger partial charge in [-0.1, -0.05) is 6.07 Å². The van der Waals surface area contributed by atoms with Crippen LogP contribution >= 0.6 is 0 Å². The fourth-order valence-electron chi connectivity index (χ4n) is 3.39. The lowest BCUT2D eigenvalue weighted by Gasteiger charge is -2.30. The van der Waals surface area contributed by atoms with Gasteiger partial charge in [0.15, 0.2) is 0 Å². The molecule has 6 nitrogen and oxygen atoms in total. The van der Waals surface area contributed by atoms with Crippen LogP contribution in [0.15, 0.2) is 24.3 Å². The Balaban J connectivity index is 1.60. The van der Waals surface area contributed by atoms with Gasteiger partial charge in [-0.2, -0.15) is 4.98 Å². The summed E-state index contributed by atoms with van der Waals surface area (Å²) in [4.78, 5) is 11.7. The van der Waals surface area contributed by atoms with E-state index in [1.807, 2.05) is 13.0 Å². The van der Waals surface area contributed by atoms with Crippen LogP contribution < -0.4 is 15.0 Å². The predicted octanol–water partition coefficient (Wildman–Crippen LogP) is 2.72. The van der Waals surface area contributed by atoms with E-state index in [9.17, 15) is 5.11 Å². The maximum atomic E-state index is 9.32. The second kappa shape index (κ2) is 7.11. The van der Waals surface area contributed by atoms with Crippen molar-refractivity contribution in [2.75, 3.05) is 30.5 Å². The Morgan fingerprint density at radius 3 is 2.85 bits per heavy atom. The molecule has 6 heteroatoms. The number of hydrogen-bond donors (Lipinski definition) is 2. The molecule has 2 N–H and O–H groups in total. The van der Waals surface area contributed by atoms with Gasteiger partial charge in [-0.25, -0.2) is 4.98 Å². The van der Waals surface area contributed by atoms with Crippen LogP contribution in [0.4, 0.5) is 11.8 Å². The van der Waals surface area contributed by atoms with Crippen LogP contribution in [0.5, 0.6) is 5.75 Å². The SMILES string of the molecule is COc1ccc2c(c1)CCN(c1cc(C3CC3)nc(N[C@H](C)CO)n1)C2. The minimum Gasteiger partial charge on any atom is -0.497 e. The first-order valence-electron chi connectivity index (χ1n) is 9.33. The zero-order chi connectivity index (χ0) is 18.1. The first kappa shape index (κ1) is 17.1. The van der Waals surface area contributed by atoms with E-state index in [1.54, 1.807) is 7.11 Å². The second-order valence-corrected chi connectivity index (χ2v) is 7.28. The highest BCUT2D eigenvalue weighted by molar-refractivity contribution is 5.50. The smallest absolute Gasteiger partial charge is 0.225 e. The summed E-state index contributed by atoms with van der Waals surface area (Å²) in [5, 5.41) is 12.5. The molecular weight excluding hydrogens is 328 g/mol. The standard InChI is InChI=1S/C20H26N4O2/c1-13(12-25)21-20-22-18(14-3-4-14)10-19(23-20)24-8-7-15-9-17(26-2)6-5-16(15)11-24/h5-6,9-10,13-14,25H,3-4,7-8,11-12H2,1-2H3,(H,21,22,23)/t13-/m1/s1. The number of benzene rings is 1. The first-order chi connectivity index (χ1) is 12.7. The third kappa shape index (κ3) is 3.60. The zero-order valence-electron chi connectivity index (χ0n) is 15.4. The molecule has 0 radical (unpaired) electrons. The summed E-state index contributed by atoms with van der Waals surface area (Å²) in [7, 11) is 1.71. The normalized spacial score (nSPS) is 17.6. The predicted molar refractivity (Wildman–Crippen MR) is 102 cm³/mol. The average molecular weight is 354 g/mol. The molecule has 26 heavy (non-hydrogen) atoms. The highest BCUT2D eigenvalue weighted by atomic mass is 16.5. The van der Waals surface area contributed by atoms with Crippen molar-refractivity contribution in [1.29, 1.82) is 0 Å². The van der Waals surface area contributed by atoms with Crippen molar-refractivity contribution in [3.05, 3.63) is 41.1 Å². The van der Waals surface area contributed by atoms with Crippen molar-refractivity contribution in [2.45, 2.75) is 44.7 Å². The number of ether oxygens (including phenoxy) is 1. The molecule has 1 aliphatic carbocycles. The number of aliphatic hydroxyl groups excluding tert-OH is 1. The van der Waals surface area contributed by atoms with Gasteiger partial charge in [0, 0.05) is 31.1 Å². The van der Waals surface area contributed by atoms with E-state index in [-0.39, 0.29) is 12.6 Å². The van der Waals surface area contributed by atoms with E-state index >= 15 is 0 Å². The lowest BCUT2D eigenvalue weighted by atomic mass is 9.99. The third-order valence-corrected chi connectivity index (χ3v) is 5.13. The summed E-state index contributed by atoms with van der Waals surface area (Å²) < 4.78 is 5.34. The van der Waals surface area contributed by atoms with Crippen molar-refractivity contribution < 1.29 is 9.84 Å². The molecular formula is C20H26N4O2. The molecule has 0 saturated heterocycles. The van der Waals surface area contributed by atoms with Crippen LogP contribution in [0, 0.1) is 0 Å². The Labute approximate surface area is 154 Å². The highest BCUT2D eigenvalue weighted by Crippen LogP contribution is 2.40. The summed E-state index contributed by atoms with van der Waals surface area (Å²) in [5.41, 5.74) is 3.79. The second-order valence-electron chi connectivity index (χ2n) is 7.28. The van der Waals surface area contributed by atoms with Gasteiger partial charge in [-0.05, 0) is 49.4 Å². The molecule has 1 aromatic carbocycles. The minimum atomic E-state index is -0.0631. The Morgan fingerprint density at radius 2 is 2.12 bits per heavy atom. The fourth-order valence-corrected chi connectivity index (χ4v) is 3.39. The number of nitrogens with zero attached hydrogens (tertiary/aromatic N) is 3. The van der Waals surface area contributed by atoms with E-state index in [0.717, 1.165) is 36.8 Å². The summed E-state index contributed by atoms with van der Waals surface area (Å²) in [5.74, 6) is 3.06. The maximum absolute atomic E-state index is 9.32. The Hall–Kier alpha value is -2.34. The van der Waals surface area contributed by atoms with Crippen molar-refractivity contribution >= 4 is 11.8 Å². The number of fused-ring (bicyclic) bond motifs is 1. The van der Waals surface area contributed by atoms with Crippen LogP contribution in [0.3, 0.4) is 0 Å². The lowest BCUT2D eigenvalue weighted by molar-refractivity contribution is 0.281. The number of methoxy groups -OCH3 is 1. The molecule has 0 bridgehead atoms. The van der Waals surface area contributed by atoms with Gasteiger partial charge in [0.2, 0.25) is 5.95 Å². The van der Waals surface area contributed by atoms with E-state index in [0.29, 0.717) is 11.9 Å². The summed E-state index contributed by atoms with van der Waals surface area (Å²) in [6, 6.07) is 8.38. The zero-order valence-corrected chi connectivity index (χ0v) is 15.4. The molecule has 4 rings (SSSR count). The van der Waals surface area contributed by atoms with Crippen LogP contribution in [0.2, 0.25) is 0 Å². The molecule has 2 aliphatic rings. The summed E-state index contributed by atoms with van der Waals surface area (Å²) >= 11 is 0. The molecule has 1 aliphatic heterocycles. The number of rotatable bonds is 6. The number of nitrogens with one attached hydrogen (secondary N) is 1. The molecule has 1 aromatic heterocycles. The van der Waals surface area contributed by atoms with Crippen molar-refractivity contribution in [1.82, 2.24) is 9.97 Å². The van der Waals surface area contributed by atoms with Gasteiger partial charge < -0.3 is 20.1 Å². The van der Waals surface area contributed by atoms with Gasteiger partial charge in [-0.15, -0.1) is 0 Å². The quantitative estimate of drug-likeness (QED) is 0.831. The molecule has 138 valence electrons. The molecule has 2 heterocycles. The number of aromatic nitrogens is 2. The molecule has 1 saturated carbocycles. The van der Waals surface area contributed by atoms with Gasteiger partial charge >= 0.3 is 0 Å². The number of aliphatic hydroxyl groups is 1. The summed E-state index contributed by atoms with van der Waals surface area (Å²) in [6.07, 6.45) is 3.38. The van der Waals surface area contributed by atoms with Crippen molar-refractivity contribution in [3.8, 4) is 5.75 Å². The molecule has 1 atom stereocenters. The monoisotopic (exact) mass is 354 g/mol. The van der Waals surface area contributed by atoms with Gasteiger partial charge in [0.1, 0.15) is 11.6 Å². The van der Waals surface area contributed by atoms with E-state index < -0.39 is 0 Å². The number of anilines is 2. The van der Waals surface area contributed by atoms with Gasteiger partial charge in [0.25, 0.3) is 0 Å². The Kier molecular flexibility index (Phi) is 4.68. The van der Waals surface area contributed by atoms with E-state index in [2.05, 4.69) is 33.4 Å². The largest absolute Gasteiger partial charge is 0.497 e. The van der Waals surface area contributed by atoms with Crippen LogP contribution in [0.25, 0.3) is 0 Å². The topological polar surface area (TPSA) is 70.5 Å². The molecule has 1 fully saturated rings. The minimum absolute atomic E-state index is 0.0608. The highest BCUT2D eigenvalue weighted by Gasteiger charge is 2.28.